The number of aromatic carboxylic acids is 1. The Morgan fingerprint density at radius 1 is 1.15 bits per heavy atom. The summed E-state index contributed by atoms with van der Waals surface area (Å²) in [7, 11) is 0. The third-order valence-corrected chi connectivity index (χ3v) is 3.99. The van der Waals surface area contributed by atoms with Crippen molar-refractivity contribution in [3.05, 3.63) is 53.6 Å². The zero-order valence-electron chi connectivity index (χ0n) is 10.5. The van der Waals surface area contributed by atoms with Crippen LogP contribution >= 0.6 is 11.8 Å². The van der Waals surface area contributed by atoms with Crippen LogP contribution in [0.25, 0.3) is 0 Å². The standard InChI is InChI=1S/C15H12O4S/c16-15(17)11-2-1-3-12(7-11)20-8-10-4-5-13-14(6-10)19-9-18-13/h1-7H,8-9H2,(H,16,17). The van der Waals surface area contributed by atoms with E-state index in [0.29, 0.717) is 5.56 Å². The third-order valence-electron chi connectivity index (χ3n) is 2.92. The number of benzene rings is 2. The van der Waals surface area contributed by atoms with Gasteiger partial charge in [-0.05, 0) is 35.9 Å². The number of thioether (sulfide) groups is 1. The molecule has 0 radical (unpaired) electrons. The van der Waals surface area contributed by atoms with Crippen LogP contribution < -0.4 is 9.47 Å². The second-order valence-corrected chi connectivity index (χ2v) is 5.36. The molecule has 1 aliphatic heterocycles. The Hall–Kier alpha value is -2.14. The van der Waals surface area contributed by atoms with Crippen LogP contribution in [0.4, 0.5) is 0 Å². The lowest BCUT2D eigenvalue weighted by Gasteiger charge is -2.04. The van der Waals surface area contributed by atoms with E-state index >= 15 is 0 Å². The first-order chi connectivity index (χ1) is 9.72. The molecule has 0 bridgehead atoms. The maximum Gasteiger partial charge on any atom is 0.335 e. The van der Waals surface area contributed by atoms with E-state index in [1.807, 2.05) is 24.3 Å². The van der Waals surface area contributed by atoms with Crippen LogP contribution in [0.15, 0.2) is 47.4 Å². The van der Waals surface area contributed by atoms with Crippen molar-refractivity contribution in [3.8, 4) is 11.5 Å². The summed E-state index contributed by atoms with van der Waals surface area (Å²) in [6.45, 7) is 0.270. The smallest absolute Gasteiger partial charge is 0.335 e. The molecule has 0 fully saturated rings. The minimum atomic E-state index is -0.907. The van der Waals surface area contributed by atoms with Crippen molar-refractivity contribution < 1.29 is 19.4 Å². The minimum Gasteiger partial charge on any atom is -0.478 e. The van der Waals surface area contributed by atoms with Crippen LogP contribution in [0.5, 0.6) is 11.5 Å². The first kappa shape index (κ1) is 12.9. The lowest BCUT2D eigenvalue weighted by Crippen LogP contribution is -1.95. The molecule has 1 aliphatic rings. The first-order valence-electron chi connectivity index (χ1n) is 6.07. The molecule has 102 valence electrons. The van der Waals surface area contributed by atoms with Gasteiger partial charge in [-0.1, -0.05) is 12.1 Å². The highest BCUT2D eigenvalue weighted by molar-refractivity contribution is 7.98. The molecule has 1 heterocycles. The highest BCUT2D eigenvalue weighted by atomic mass is 32.2. The van der Waals surface area contributed by atoms with Crippen LogP contribution in [0, 0.1) is 0 Å². The number of fused-ring (bicyclic) bond motifs is 1. The number of ether oxygens (including phenoxy) is 2. The number of carbonyl (C=O) groups is 1. The molecule has 0 saturated carbocycles. The predicted molar refractivity (Wildman–Crippen MR) is 75.5 cm³/mol. The van der Waals surface area contributed by atoms with Crippen molar-refractivity contribution in [1.82, 2.24) is 0 Å². The summed E-state index contributed by atoms with van der Waals surface area (Å²) < 4.78 is 10.6. The molecular weight excluding hydrogens is 276 g/mol. The van der Waals surface area contributed by atoms with Crippen LogP contribution in [0.2, 0.25) is 0 Å². The fourth-order valence-corrected chi connectivity index (χ4v) is 2.81. The molecule has 0 amide bonds. The van der Waals surface area contributed by atoms with E-state index in [9.17, 15) is 4.79 Å². The molecular formula is C15H12O4S. The van der Waals surface area contributed by atoms with E-state index in [0.717, 1.165) is 27.7 Å². The van der Waals surface area contributed by atoms with Crippen molar-refractivity contribution in [1.29, 1.82) is 0 Å². The number of carboxylic acids is 1. The van der Waals surface area contributed by atoms with Crippen molar-refractivity contribution in [3.63, 3.8) is 0 Å². The zero-order valence-corrected chi connectivity index (χ0v) is 11.4. The minimum absolute atomic E-state index is 0.270. The van der Waals surface area contributed by atoms with E-state index in [-0.39, 0.29) is 6.79 Å². The Morgan fingerprint density at radius 2 is 2.00 bits per heavy atom. The normalized spacial score (nSPS) is 12.4. The first-order valence-corrected chi connectivity index (χ1v) is 7.05. The SMILES string of the molecule is O=C(O)c1cccc(SCc2ccc3c(c2)OCO3)c1. The van der Waals surface area contributed by atoms with Crippen molar-refractivity contribution in [2.45, 2.75) is 10.6 Å². The summed E-state index contributed by atoms with van der Waals surface area (Å²) in [4.78, 5) is 11.8. The summed E-state index contributed by atoms with van der Waals surface area (Å²) in [6, 6.07) is 12.8. The predicted octanol–water partition coefficient (Wildman–Crippen LogP) is 3.41. The Labute approximate surface area is 120 Å². The summed E-state index contributed by atoms with van der Waals surface area (Å²) in [5.41, 5.74) is 1.42. The molecule has 2 aromatic carbocycles. The largest absolute Gasteiger partial charge is 0.478 e. The molecule has 0 unspecified atom stereocenters. The van der Waals surface area contributed by atoms with Gasteiger partial charge in [0.15, 0.2) is 11.5 Å². The maximum absolute atomic E-state index is 10.9. The van der Waals surface area contributed by atoms with Gasteiger partial charge in [-0.25, -0.2) is 4.79 Å². The third kappa shape index (κ3) is 2.72. The van der Waals surface area contributed by atoms with E-state index in [1.54, 1.807) is 30.0 Å². The molecule has 4 nitrogen and oxygen atoms in total. The monoisotopic (exact) mass is 288 g/mol. The van der Waals surface area contributed by atoms with Crippen molar-refractivity contribution >= 4 is 17.7 Å². The molecule has 0 spiro atoms. The Morgan fingerprint density at radius 3 is 2.85 bits per heavy atom. The maximum atomic E-state index is 10.9. The van der Waals surface area contributed by atoms with Gasteiger partial charge in [0.25, 0.3) is 0 Å². The summed E-state index contributed by atoms with van der Waals surface area (Å²) in [5.74, 6) is 1.38. The number of hydrogen-bond acceptors (Lipinski definition) is 4. The fraction of sp³-hybridized carbons (Fsp3) is 0.133. The quantitative estimate of drug-likeness (QED) is 0.874. The lowest BCUT2D eigenvalue weighted by molar-refractivity contribution is 0.0696. The van der Waals surface area contributed by atoms with Crippen LogP contribution in [-0.2, 0) is 5.75 Å². The van der Waals surface area contributed by atoms with Gasteiger partial charge in [-0.3, -0.25) is 0 Å². The van der Waals surface area contributed by atoms with Gasteiger partial charge in [-0.15, -0.1) is 11.8 Å². The van der Waals surface area contributed by atoms with Crippen molar-refractivity contribution in [2.75, 3.05) is 6.79 Å². The molecule has 2 aromatic rings. The van der Waals surface area contributed by atoms with Crippen LogP contribution in [0.3, 0.4) is 0 Å². The average Bonchev–Trinajstić information content (AvgIpc) is 2.93. The highest BCUT2D eigenvalue weighted by Crippen LogP contribution is 2.34. The summed E-state index contributed by atoms with van der Waals surface area (Å²) in [6.07, 6.45) is 0. The number of carboxylic acid groups (broad SMARTS) is 1. The summed E-state index contributed by atoms with van der Waals surface area (Å²) in [5, 5.41) is 8.96. The van der Waals surface area contributed by atoms with E-state index in [4.69, 9.17) is 14.6 Å². The second kappa shape index (κ2) is 5.46. The number of hydrogen-bond donors (Lipinski definition) is 1. The zero-order chi connectivity index (χ0) is 13.9. The van der Waals surface area contributed by atoms with E-state index in [1.165, 1.54) is 0 Å². The Kier molecular flexibility index (Phi) is 3.52. The highest BCUT2D eigenvalue weighted by Gasteiger charge is 2.13. The van der Waals surface area contributed by atoms with Crippen molar-refractivity contribution in [2.24, 2.45) is 0 Å². The van der Waals surface area contributed by atoms with E-state index in [2.05, 4.69) is 0 Å². The van der Waals surface area contributed by atoms with Gasteiger partial charge >= 0.3 is 5.97 Å². The Balaban J connectivity index is 1.70. The molecule has 0 aliphatic carbocycles. The van der Waals surface area contributed by atoms with Gasteiger partial charge in [0.05, 0.1) is 5.56 Å². The molecule has 20 heavy (non-hydrogen) atoms. The van der Waals surface area contributed by atoms with Crippen LogP contribution in [-0.4, -0.2) is 17.9 Å². The second-order valence-electron chi connectivity index (χ2n) is 4.31. The van der Waals surface area contributed by atoms with Gasteiger partial charge in [0, 0.05) is 10.6 Å². The topological polar surface area (TPSA) is 55.8 Å². The fourth-order valence-electron chi connectivity index (χ4n) is 1.92. The summed E-state index contributed by atoms with van der Waals surface area (Å²) >= 11 is 1.59. The molecule has 1 N–H and O–H groups in total. The molecule has 0 atom stereocenters. The molecule has 0 aromatic heterocycles. The molecule has 3 rings (SSSR count). The van der Waals surface area contributed by atoms with Gasteiger partial charge in [0.2, 0.25) is 6.79 Å². The number of rotatable bonds is 4. The molecule has 0 saturated heterocycles. The Bertz CT molecular complexity index is 654. The average molecular weight is 288 g/mol. The molecule has 5 heteroatoms. The lowest BCUT2D eigenvalue weighted by atomic mass is 10.2. The van der Waals surface area contributed by atoms with Crippen LogP contribution in [0.1, 0.15) is 15.9 Å². The van der Waals surface area contributed by atoms with E-state index < -0.39 is 5.97 Å². The van der Waals surface area contributed by atoms with Gasteiger partial charge in [0.1, 0.15) is 0 Å². The van der Waals surface area contributed by atoms with Gasteiger partial charge < -0.3 is 14.6 Å². The van der Waals surface area contributed by atoms with Gasteiger partial charge in [-0.2, -0.15) is 0 Å².